The van der Waals surface area contributed by atoms with Gasteiger partial charge in [0.1, 0.15) is 12.1 Å². The second-order valence-corrected chi connectivity index (χ2v) is 13.7. The van der Waals surface area contributed by atoms with E-state index in [1.165, 1.54) is 36.2 Å². The third kappa shape index (κ3) is 35.8. The van der Waals surface area contributed by atoms with Crippen LogP contribution in [-0.4, -0.2) is 125 Å². The molecule has 0 saturated carbocycles. The molecule has 6 amide bonds. The van der Waals surface area contributed by atoms with Gasteiger partial charge in [0.2, 0.25) is 35.4 Å². The van der Waals surface area contributed by atoms with E-state index in [2.05, 4.69) is 53.7 Å². The molecule has 0 aromatic heterocycles. The molecule has 12 N–H and O–H groups in total. The topological polar surface area (TPSA) is 323 Å². The summed E-state index contributed by atoms with van der Waals surface area (Å²) in [5.41, 5.74) is 7.41. The van der Waals surface area contributed by atoms with E-state index in [1.54, 1.807) is 0 Å². The first-order chi connectivity index (χ1) is 27.8. The van der Waals surface area contributed by atoms with E-state index in [0.29, 0.717) is 19.4 Å². The maximum Gasteiger partial charge on any atom is 0.469 e. The summed E-state index contributed by atoms with van der Waals surface area (Å²) in [7, 11) is -4.17. The fourth-order valence-corrected chi connectivity index (χ4v) is 4.65. The van der Waals surface area contributed by atoms with E-state index < -0.39 is 69.1 Å². The summed E-state index contributed by atoms with van der Waals surface area (Å²) in [5, 5.41) is 35.7. The number of benzene rings is 1. The number of carbonyl (C=O) groups excluding carboxylic acids is 6. The third-order valence-electron chi connectivity index (χ3n) is 6.90. The average molecular weight is 862 g/mol. The van der Waals surface area contributed by atoms with Crippen LogP contribution < -0.4 is 37.6 Å². The number of primary amides is 1. The maximum atomic E-state index is 12.6. The van der Waals surface area contributed by atoms with Crippen LogP contribution in [0, 0.1) is 5.92 Å². The average Bonchev–Trinajstić information content (AvgIpc) is 3.66. The number of allylic oxidation sites excluding steroid dienone is 1. The van der Waals surface area contributed by atoms with Gasteiger partial charge < -0.3 is 62.6 Å². The number of hydrogen-bond acceptors (Lipinski definition) is 13. The number of nitrogens with two attached hydrogens (primary N) is 1. The van der Waals surface area contributed by atoms with Crippen molar-refractivity contribution in [2.24, 2.45) is 16.8 Å². The number of hydrogen-bond donors (Lipinski definition) is 11. The van der Waals surface area contributed by atoms with Crippen molar-refractivity contribution in [1.82, 2.24) is 36.8 Å². The molecule has 1 aromatic rings. The van der Waals surface area contributed by atoms with Gasteiger partial charge in [-0.05, 0) is 51.0 Å². The molecule has 1 unspecified atom stereocenters. The van der Waals surface area contributed by atoms with Crippen LogP contribution >= 0.6 is 7.82 Å². The third-order valence-corrected chi connectivity index (χ3v) is 7.49. The van der Waals surface area contributed by atoms with Gasteiger partial charge in [-0.25, -0.2) is 4.57 Å². The quantitative estimate of drug-likeness (QED) is 0.0361. The van der Waals surface area contributed by atoms with Crippen molar-refractivity contribution in [3.63, 3.8) is 0 Å². The molecule has 0 spiro atoms. The molecule has 2 atom stereocenters. The summed E-state index contributed by atoms with van der Waals surface area (Å²) < 4.78 is 13.6. The zero-order valence-electron chi connectivity index (χ0n) is 35.5. The van der Waals surface area contributed by atoms with Crippen molar-refractivity contribution in [3.8, 4) is 0 Å². The smallest absolute Gasteiger partial charge is 0.411 e. The first kappa shape index (κ1) is 58.2. The largest absolute Gasteiger partial charge is 0.469 e. The van der Waals surface area contributed by atoms with Crippen LogP contribution in [0.1, 0.15) is 80.2 Å². The van der Waals surface area contributed by atoms with Crippen LogP contribution in [0.15, 0.2) is 47.4 Å². The second kappa shape index (κ2) is 36.0. The Morgan fingerprint density at radius 1 is 0.983 bits per heavy atom. The lowest BCUT2D eigenvalue weighted by atomic mass is 10.0. The highest BCUT2D eigenvalue weighted by Gasteiger charge is 2.25. The monoisotopic (exact) mass is 861 g/mol. The summed E-state index contributed by atoms with van der Waals surface area (Å²) in [6, 6.07) is 7.85. The van der Waals surface area contributed by atoms with Crippen molar-refractivity contribution in [1.29, 1.82) is 0 Å². The Hall–Kier alpha value is -5.08. The highest BCUT2D eigenvalue weighted by Crippen LogP contribution is 2.34. The predicted molar refractivity (Wildman–Crippen MR) is 223 cm³/mol. The first-order valence-corrected chi connectivity index (χ1v) is 20.7. The molecule has 0 fully saturated rings. The van der Waals surface area contributed by atoms with Crippen molar-refractivity contribution in [3.05, 3.63) is 47.8 Å². The van der Waals surface area contributed by atoms with Gasteiger partial charge >= 0.3 is 7.82 Å². The molecule has 0 saturated heterocycles. The zero-order chi connectivity index (χ0) is 45.8. The van der Waals surface area contributed by atoms with Crippen LogP contribution in [0.25, 0.3) is 0 Å². The van der Waals surface area contributed by atoms with Crippen LogP contribution in [-0.2, 0) is 44.3 Å². The van der Waals surface area contributed by atoms with Gasteiger partial charge in [0.05, 0.1) is 39.5 Å². The fourth-order valence-electron chi connectivity index (χ4n) is 4.31. The van der Waals surface area contributed by atoms with Crippen LogP contribution in [0.4, 0.5) is 0 Å². The molecule has 1 aliphatic heterocycles. The number of oxime groups is 1. The number of nitrogens with zero attached hydrogens (tertiary/aromatic N) is 2. The van der Waals surface area contributed by atoms with Crippen molar-refractivity contribution in [2.75, 3.05) is 46.1 Å². The van der Waals surface area contributed by atoms with Crippen LogP contribution in [0.5, 0.6) is 0 Å². The second-order valence-electron chi connectivity index (χ2n) is 12.5. The molecule has 1 aliphatic rings. The summed E-state index contributed by atoms with van der Waals surface area (Å²) in [5.74, 6) is -3.71. The Morgan fingerprint density at radius 3 is 1.97 bits per heavy atom. The zero-order valence-corrected chi connectivity index (χ0v) is 36.4. The van der Waals surface area contributed by atoms with E-state index >= 15 is 0 Å². The van der Waals surface area contributed by atoms with Gasteiger partial charge in [-0.15, -0.1) is 5.16 Å². The van der Waals surface area contributed by atoms with Crippen molar-refractivity contribution < 1.29 is 58.0 Å². The molecular formula is C37H68N9O12P. The number of aliphatic hydroxyl groups excluding tert-OH is 1. The lowest BCUT2D eigenvalue weighted by molar-refractivity contribution is -0.136. The van der Waals surface area contributed by atoms with E-state index in [0.717, 1.165) is 19.5 Å². The van der Waals surface area contributed by atoms with Crippen LogP contribution in [0.3, 0.4) is 0 Å². The first-order valence-electron chi connectivity index (χ1n) is 19.1. The molecule has 1 aromatic carbocycles. The maximum absolute atomic E-state index is 12.6. The Kier molecular flexibility index (Phi) is 35.6. The Labute approximate surface area is 347 Å². The minimum absolute atomic E-state index is 0.0437. The van der Waals surface area contributed by atoms with Crippen molar-refractivity contribution >= 4 is 49.5 Å². The van der Waals surface area contributed by atoms with Crippen LogP contribution in [0.2, 0.25) is 0 Å². The lowest BCUT2D eigenvalue weighted by Gasteiger charge is -2.24. The molecule has 1 heterocycles. The van der Waals surface area contributed by atoms with Gasteiger partial charge in [0.15, 0.2) is 0 Å². The molecular weight excluding hydrogens is 793 g/mol. The molecule has 0 aliphatic carbocycles. The molecule has 0 bridgehead atoms. The molecule has 338 valence electrons. The Balaban J connectivity index is -0.000000955. The molecule has 0 radical (unpaired) electrons. The number of carbonyl (C=O) groups is 6. The SMILES string of the molecule is CC.CC1=CNCN1.CCCN(CC(=O)N[C@@H](CC(C)C)C(=O)NCC(=O)NC(CO)C(=O)NCC(N)=O)C(C)=O.CCOP(=O)(O)O.O/N=C/CCc1ccccc1. The summed E-state index contributed by atoms with van der Waals surface area (Å²) in [6.45, 7) is 13.9. The predicted octanol–water partition coefficient (Wildman–Crippen LogP) is 0.190. The van der Waals surface area contributed by atoms with Gasteiger partial charge in [0.25, 0.3) is 0 Å². The van der Waals surface area contributed by atoms with Gasteiger partial charge in [0, 0.05) is 31.6 Å². The minimum Gasteiger partial charge on any atom is -0.411 e. The summed E-state index contributed by atoms with van der Waals surface area (Å²) >= 11 is 0. The van der Waals surface area contributed by atoms with Gasteiger partial charge in [-0.1, -0.05) is 65.0 Å². The number of phosphoric acid groups is 1. The standard InChI is InChI=1S/C20H36N6O7.C9H11NO.C4H8N2.C2H7O4P.C2H6/c1-5-6-26(13(4)28)10-18(31)24-14(7-12(2)3)19(32)23-9-17(30)25-15(11-27)20(33)22-8-16(21)29;11-10-8-4-7-9-5-2-1-3-6-9;1-4-2-5-3-6-4;1-2-6-7(3,4)5;1-2/h12,14-15,27H,5-11H2,1-4H3,(H2,21,29)(H,22,33)(H,23,32)(H,24,31)(H,25,30);1-3,5-6,8,11H,4,7H2;2,5-6H,3H2,1H3;2H2,1H3,(H2,3,4,5);1-2H3/b;10-8+;;;/t14-,15?;;;;/m0..../s1. The van der Waals surface area contributed by atoms with E-state index in [1.807, 2.05) is 65.9 Å². The Morgan fingerprint density at radius 2 is 1.56 bits per heavy atom. The van der Waals surface area contributed by atoms with Gasteiger partial charge in [-0.2, -0.15) is 0 Å². The molecule has 21 nitrogen and oxygen atoms in total. The number of rotatable bonds is 20. The highest BCUT2D eigenvalue weighted by molar-refractivity contribution is 7.46. The van der Waals surface area contributed by atoms with E-state index in [4.69, 9.17) is 20.7 Å². The lowest BCUT2D eigenvalue weighted by Crippen LogP contribution is -2.54. The number of aryl methyl sites for hydroxylation is 1. The number of phosphoric ester groups is 1. The molecule has 22 heteroatoms. The van der Waals surface area contributed by atoms with Gasteiger partial charge in [-0.3, -0.25) is 33.3 Å². The summed E-state index contributed by atoms with van der Waals surface area (Å²) in [4.78, 5) is 88.4. The van der Waals surface area contributed by atoms with Crippen molar-refractivity contribution in [2.45, 2.75) is 93.2 Å². The van der Waals surface area contributed by atoms with E-state index in [-0.39, 0.29) is 25.0 Å². The number of amides is 6. The highest BCUT2D eigenvalue weighted by atomic mass is 31.2. The molecule has 59 heavy (non-hydrogen) atoms. The number of nitrogens with one attached hydrogen (secondary N) is 6. The minimum atomic E-state index is -4.17. The van der Waals surface area contributed by atoms with E-state index in [9.17, 15) is 38.4 Å². The Bertz CT molecular complexity index is 1460. The molecule has 2 rings (SSSR count). The normalized spacial score (nSPS) is 12.2. The number of aliphatic hydroxyl groups is 1. The summed E-state index contributed by atoms with van der Waals surface area (Å²) in [6.07, 6.45) is 6.16. The fraction of sp³-hybridized carbons (Fsp3) is 0.595.